The van der Waals surface area contributed by atoms with E-state index in [1.165, 1.54) is 29.2 Å². The SMILES string of the molecule is COCC(C)(C)Nc1cccc(C(=O)Nn2ncc3cc(S(=O)(=O)c4cc(F)cc(F)c4)ccc32)c1N1CCN(C)CC1. The number of nitrogens with one attached hydrogen (secondary N) is 2. The number of halogens is 2. The molecule has 13 heteroatoms. The minimum absolute atomic E-state index is 0.161. The predicted molar refractivity (Wildman–Crippen MR) is 161 cm³/mol. The third-order valence-electron chi connectivity index (χ3n) is 7.28. The monoisotopic (exact) mass is 612 g/mol. The molecule has 0 atom stereocenters. The van der Waals surface area contributed by atoms with Gasteiger partial charge in [-0.1, -0.05) is 6.07 Å². The Hall–Kier alpha value is -4.07. The van der Waals surface area contributed by atoms with E-state index in [-0.39, 0.29) is 4.90 Å². The lowest BCUT2D eigenvalue weighted by Gasteiger charge is -2.37. The summed E-state index contributed by atoms with van der Waals surface area (Å²) >= 11 is 0. The Morgan fingerprint density at radius 3 is 2.37 bits per heavy atom. The van der Waals surface area contributed by atoms with Crippen LogP contribution in [-0.4, -0.2) is 81.6 Å². The van der Waals surface area contributed by atoms with Gasteiger partial charge in [0.05, 0.1) is 50.6 Å². The number of carbonyl (C=O) groups is 1. The summed E-state index contributed by atoms with van der Waals surface area (Å²) in [5.41, 5.74) is 4.86. The first-order chi connectivity index (χ1) is 20.4. The van der Waals surface area contributed by atoms with Crippen molar-refractivity contribution in [1.29, 1.82) is 0 Å². The van der Waals surface area contributed by atoms with Crippen LogP contribution in [0.3, 0.4) is 0 Å². The average Bonchev–Trinajstić information content (AvgIpc) is 3.34. The number of ether oxygens (including phenoxy) is 1. The Labute approximate surface area is 249 Å². The topological polar surface area (TPSA) is 109 Å². The molecule has 10 nitrogen and oxygen atoms in total. The number of nitrogens with zero attached hydrogens (tertiary/aromatic N) is 4. The van der Waals surface area contributed by atoms with E-state index in [2.05, 4.69) is 32.7 Å². The van der Waals surface area contributed by atoms with E-state index >= 15 is 0 Å². The maximum Gasteiger partial charge on any atom is 0.273 e. The molecule has 2 N–H and O–H groups in total. The van der Waals surface area contributed by atoms with Crippen molar-refractivity contribution in [1.82, 2.24) is 14.8 Å². The van der Waals surface area contributed by atoms with Crippen molar-refractivity contribution in [3.63, 3.8) is 0 Å². The van der Waals surface area contributed by atoms with Crippen molar-refractivity contribution in [3.8, 4) is 0 Å². The number of hydrogen-bond donors (Lipinski definition) is 2. The van der Waals surface area contributed by atoms with Crippen LogP contribution >= 0.6 is 0 Å². The summed E-state index contributed by atoms with van der Waals surface area (Å²) in [5, 5.41) is 8.21. The molecule has 1 saturated heterocycles. The molecule has 4 aromatic rings. The minimum Gasteiger partial charge on any atom is -0.382 e. The van der Waals surface area contributed by atoms with Crippen molar-refractivity contribution in [2.75, 3.05) is 62.6 Å². The maximum atomic E-state index is 13.8. The zero-order valence-electron chi connectivity index (χ0n) is 24.4. The van der Waals surface area contributed by atoms with Crippen LogP contribution in [0.25, 0.3) is 10.9 Å². The fourth-order valence-electron chi connectivity index (χ4n) is 5.20. The number of benzene rings is 3. The van der Waals surface area contributed by atoms with Gasteiger partial charge in [0.2, 0.25) is 9.84 Å². The number of fused-ring (bicyclic) bond motifs is 1. The molecule has 1 fully saturated rings. The van der Waals surface area contributed by atoms with Crippen LogP contribution in [0.5, 0.6) is 0 Å². The molecular weight excluding hydrogens is 578 g/mol. The second kappa shape index (κ2) is 11.9. The molecule has 2 heterocycles. The molecule has 1 aromatic heterocycles. The quantitative estimate of drug-likeness (QED) is 0.291. The van der Waals surface area contributed by atoms with Crippen LogP contribution < -0.4 is 15.6 Å². The minimum atomic E-state index is -4.21. The lowest BCUT2D eigenvalue weighted by molar-refractivity contribution is 0.101. The first kappa shape index (κ1) is 30.4. The Morgan fingerprint density at radius 2 is 1.70 bits per heavy atom. The van der Waals surface area contributed by atoms with Gasteiger partial charge >= 0.3 is 0 Å². The molecule has 3 aromatic carbocycles. The number of anilines is 2. The summed E-state index contributed by atoms with van der Waals surface area (Å²) in [6.07, 6.45) is 1.41. The number of hydrogen-bond acceptors (Lipinski definition) is 8. The van der Waals surface area contributed by atoms with Gasteiger partial charge in [-0.15, -0.1) is 0 Å². The van der Waals surface area contributed by atoms with Crippen LogP contribution in [0, 0.1) is 11.6 Å². The first-order valence-corrected chi connectivity index (χ1v) is 15.2. The van der Waals surface area contributed by atoms with E-state index in [0.29, 0.717) is 29.1 Å². The van der Waals surface area contributed by atoms with Gasteiger partial charge in [0.1, 0.15) is 11.6 Å². The van der Waals surface area contributed by atoms with Gasteiger partial charge in [-0.25, -0.2) is 22.6 Å². The molecule has 0 saturated carbocycles. The average molecular weight is 613 g/mol. The van der Waals surface area contributed by atoms with Gasteiger partial charge in [0.25, 0.3) is 5.91 Å². The zero-order chi connectivity index (χ0) is 30.9. The number of amides is 1. The second-order valence-electron chi connectivity index (χ2n) is 11.3. The fourth-order valence-corrected chi connectivity index (χ4v) is 6.54. The van der Waals surface area contributed by atoms with E-state index in [9.17, 15) is 22.0 Å². The van der Waals surface area contributed by atoms with E-state index in [1.54, 1.807) is 13.2 Å². The Morgan fingerprint density at radius 1 is 1.00 bits per heavy atom. The number of rotatable bonds is 9. The third kappa shape index (κ3) is 6.48. The second-order valence-corrected chi connectivity index (χ2v) is 13.2. The van der Waals surface area contributed by atoms with Crippen LogP contribution in [0.1, 0.15) is 24.2 Å². The van der Waals surface area contributed by atoms with E-state index in [1.807, 2.05) is 26.0 Å². The number of methoxy groups -OCH3 is 1. The number of sulfone groups is 1. The lowest BCUT2D eigenvalue weighted by atomic mass is 10.0. The third-order valence-corrected chi connectivity index (χ3v) is 9.01. The largest absolute Gasteiger partial charge is 0.382 e. The molecule has 0 unspecified atom stereocenters. The fraction of sp³-hybridized carbons (Fsp3) is 0.333. The smallest absolute Gasteiger partial charge is 0.273 e. The van der Waals surface area contributed by atoms with Crippen LogP contribution in [0.15, 0.2) is 70.6 Å². The van der Waals surface area contributed by atoms with Gasteiger partial charge in [-0.2, -0.15) is 9.89 Å². The molecule has 0 radical (unpaired) electrons. The zero-order valence-corrected chi connectivity index (χ0v) is 25.2. The van der Waals surface area contributed by atoms with Crippen LogP contribution in [-0.2, 0) is 14.6 Å². The Kier molecular flexibility index (Phi) is 8.41. The van der Waals surface area contributed by atoms with Gasteiger partial charge in [-0.3, -0.25) is 4.79 Å². The number of para-hydroxylation sites is 1. The van der Waals surface area contributed by atoms with Gasteiger partial charge < -0.3 is 19.9 Å². The molecule has 228 valence electrons. The maximum absolute atomic E-state index is 13.8. The van der Waals surface area contributed by atoms with Gasteiger partial charge in [0, 0.05) is 44.7 Å². The molecular formula is C30H34F2N6O4S. The summed E-state index contributed by atoms with van der Waals surface area (Å²) in [7, 11) is -0.504. The lowest BCUT2D eigenvalue weighted by Crippen LogP contribution is -2.46. The number of piperazine rings is 1. The summed E-state index contributed by atoms with van der Waals surface area (Å²) in [6.45, 7) is 7.64. The summed E-state index contributed by atoms with van der Waals surface area (Å²) in [4.78, 5) is 18.8. The molecule has 5 rings (SSSR count). The summed E-state index contributed by atoms with van der Waals surface area (Å²) in [6, 6.07) is 11.8. The standard InChI is InChI=1S/C30H34F2N6O4S/c1-30(2,19-42-4)34-26-7-5-6-25(28(26)37-12-10-36(3)11-13-37)29(39)35-38-27-9-8-23(14-20(27)18-33-38)43(40,41)24-16-21(31)15-22(32)17-24/h5-9,14-18,34H,10-13,19H2,1-4H3,(H,35,39). The normalized spacial score (nSPS) is 14.7. The molecule has 43 heavy (non-hydrogen) atoms. The van der Waals surface area contributed by atoms with Crippen LogP contribution in [0.4, 0.5) is 20.2 Å². The van der Waals surface area contributed by atoms with Crippen molar-refractivity contribution in [2.45, 2.75) is 29.2 Å². The van der Waals surface area contributed by atoms with Gasteiger partial charge in [-0.05, 0) is 63.4 Å². The highest BCUT2D eigenvalue weighted by molar-refractivity contribution is 7.91. The molecule has 0 spiro atoms. The van der Waals surface area contributed by atoms with Crippen molar-refractivity contribution in [2.24, 2.45) is 0 Å². The number of likely N-dealkylation sites (N-methyl/N-ethyl adjacent to an activating group) is 1. The highest BCUT2D eigenvalue weighted by Gasteiger charge is 2.27. The highest BCUT2D eigenvalue weighted by Crippen LogP contribution is 2.34. The Balaban J connectivity index is 1.47. The predicted octanol–water partition coefficient (Wildman–Crippen LogP) is 4.12. The molecule has 1 amide bonds. The molecule has 1 aliphatic heterocycles. The molecule has 1 aliphatic rings. The highest BCUT2D eigenvalue weighted by atomic mass is 32.2. The van der Waals surface area contributed by atoms with Crippen molar-refractivity contribution in [3.05, 3.63) is 78.0 Å². The van der Waals surface area contributed by atoms with E-state index < -0.39 is 37.8 Å². The first-order valence-electron chi connectivity index (χ1n) is 13.7. The van der Waals surface area contributed by atoms with Crippen molar-refractivity contribution >= 4 is 38.0 Å². The molecule has 0 aliphatic carbocycles. The van der Waals surface area contributed by atoms with E-state index in [0.717, 1.165) is 49.7 Å². The number of aromatic nitrogens is 2. The van der Waals surface area contributed by atoms with Crippen LogP contribution in [0.2, 0.25) is 0 Å². The number of carbonyl (C=O) groups excluding carboxylic acids is 1. The molecule has 0 bridgehead atoms. The van der Waals surface area contributed by atoms with Gasteiger partial charge in [0.15, 0.2) is 0 Å². The summed E-state index contributed by atoms with van der Waals surface area (Å²) < 4.78 is 59.0. The van der Waals surface area contributed by atoms with E-state index in [4.69, 9.17) is 4.74 Å². The Bertz CT molecular complexity index is 1750. The van der Waals surface area contributed by atoms with Crippen molar-refractivity contribution < 1.29 is 26.7 Å². The summed E-state index contributed by atoms with van der Waals surface area (Å²) in [5.74, 6) is -2.39.